The molecule has 0 bridgehead atoms. The smallest absolute Gasteiger partial charge is 0.490 e. The first-order chi connectivity index (χ1) is 20.4. The van der Waals surface area contributed by atoms with Gasteiger partial charge in [-0.05, 0) is 30.3 Å². The van der Waals surface area contributed by atoms with Crippen LogP contribution in [0.1, 0.15) is 11.1 Å². The van der Waals surface area contributed by atoms with Crippen LogP contribution >= 0.6 is 0 Å². The second kappa shape index (κ2) is 12.9. The molecule has 0 atom stereocenters. The van der Waals surface area contributed by atoms with Crippen LogP contribution in [0.25, 0.3) is 11.3 Å². The fourth-order valence-corrected chi connectivity index (χ4v) is 3.78. The number of hydrogen-bond acceptors (Lipinski definition) is 9. The largest absolute Gasteiger partial charge is 0.504 e. The average molecular weight is 595 g/mol. The highest BCUT2D eigenvalue weighted by molar-refractivity contribution is 6.00. The number of carboxylic acids is 1. The van der Waals surface area contributed by atoms with Crippen LogP contribution < -0.4 is 15.2 Å². The van der Waals surface area contributed by atoms with E-state index in [4.69, 9.17) is 30.5 Å². The van der Waals surface area contributed by atoms with E-state index < -0.39 is 12.1 Å². The second-order valence-electron chi connectivity index (χ2n) is 9.00. The number of phenolic OH excluding ortho intramolecular Hbond substituents is 1. The van der Waals surface area contributed by atoms with Crippen LogP contribution in [0, 0.1) is 5.41 Å². The van der Waals surface area contributed by atoms with Gasteiger partial charge >= 0.3 is 18.2 Å². The summed E-state index contributed by atoms with van der Waals surface area (Å²) < 4.78 is 43.7. The minimum atomic E-state index is -5.08. The van der Waals surface area contributed by atoms with Crippen molar-refractivity contribution in [3.8, 4) is 40.4 Å². The lowest BCUT2D eigenvalue weighted by atomic mass is 10.1. The maximum atomic E-state index is 10.6. The molecule has 2 heterocycles. The third kappa shape index (κ3) is 7.97. The molecule has 11 nitrogen and oxygen atoms in total. The Morgan fingerprint density at radius 3 is 2.30 bits per heavy atom. The topological polar surface area (TPSA) is 167 Å². The first kappa shape index (κ1) is 30.3. The molecule has 0 fully saturated rings. The molecule has 0 spiro atoms. The number of alkyl halides is 3. The highest BCUT2D eigenvalue weighted by Crippen LogP contribution is 2.33. The van der Waals surface area contributed by atoms with E-state index in [0.717, 1.165) is 30.1 Å². The monoisotopic (exact) mass is 594 g/mol. The van der Waals surface area contributed by atoms with Crippen LogP contribution in [-0.4, -0.2) is 69.0 Å². The molecule has 4 aromatic rings. The summed E-state index contributed by atoms with van der Waals surface area (Å²) in [6, 6.07) is 23.3. The maximum Gasteiger partial charge on any atom is 0.490 e. The second-order valence-corrected chi connectivity index (χ2v) is 9.00. The summed E-state index contributed by atoms with van der Waals surface area (Å²) in [4.78, 5) is 24.5. The molecule has 5 N–H and O–H groups in total. The minimum absolute atomic E-state index is 0.0292. The Bertz CT molecular complexity index is 1660. The van der Waals surface area contributed by atoms with Gasteiger partial charge in [0.05, 0.1) is 12.2 Å². The number of nitrogen functional groups attached to an aromatic ring is 1. The Morgan fingerprint density at radius 2 is 1.67 bits per heavy atom. The van der Waals surface area contributed by atoms with Gasteiger partial charge in [-0.1, -0.05) is 42.5 Å². The lowest BCUT2D eigenvalue weighted by Crippen LogP contribution is -2.23. The first-order valence-electron chi connectivity index (χ1n) is 12.5. The molecular formula is C29H25F3N6O5. The number of phenols is 1. The number of aliphatic carboxylic acids is 1. The van der Waals surface area contributed by atoms with E-state index in [1.54, 1.807) is 6.07 Å². The summed E-state index contributed by atoms with van der Waals surface area (Å²) in [6.07, 6.45) is -5.08. The summed E-state index contributed by atoms with van der Waals surface area (Å²) in [7, 11) is 2.01. The molecular weight excluding hydrogens is 569 g/mol. The van der Waals surface area contributed by atoms with Gasteiger partial charge in [-0.25, -0.2) is 4.79 Å². The van der Waals surface area contributed by atoms with Gasteiger partial charge in [0.15, 0.2) is 11.5 Å². The lowest BCUT2D eigenvalue weighted by Gasteiger charge is -2.15. The fraction of sp³-hybridized carbons (Fsp3) is 0.138. The van der Waals surface area contributed by atoms with Crippen molar-refractivity contribution < 1.29 is 37.7 Å². The molecule has 222 valence electrons. The summed E-state index contributed by atoms with van der Waals surface area (Å²) in [6.45, 7) is 1.65. The van der Waals surface area contributed by atoms with E-state index >= 15 is 0 Å². The number of benzene rings is 3. The van der Waals surface area contributed by atoms with Crippen molar-refractivity contribution in [3.63, 3.8) is 0 Å². The van der Waals surface area contributed by atoms with Gasteiger partial charge in [0.2, 0.25) is 5.88 Å². The number of halogens is 3. The quantitative estimate of drug-likeness (QED) is 0.169. The SMILES string of the molecule is CN1CCN=C1c1cccc(Oc2cc(-c3ccccc3)nc(Oc3cc(C(=N)N)ccc3O)n2)c1.O=C(O)C(F)(F)F. The Balaban J connectivity index is 0.000000541. The van der Waals surface area contributed by atoms with Gasteiger partial charge in [-0.15, -0.1) is 0 Å². The number of nitrogens with zero attached hydrogens (tertiary/aromatic N) is 4. The van der Waals surface area contributed by atoms with Gasteiger partial charge in [0, 0.05) is 36.3 Å². The number of hydrogen-bond donors (Lipinski definition) is 4. The van der Waals surface area contributed by atoms with E-state index in [2.05, 4.69) is 19.9 Å². The predicted molar refractivity (Wildman–Crippen MR) is 151 cm³/mol. The van der Waals surface area contributed by atoms with Crippen molar-refractivity contribution >= 4 is 17.6 Å². The number of carbonyl (C=O) groups is 1. The molecule has 0 aliphatic carbocycles. The zero-order valence-electron chi connectivity index (χ0n) is 22.5. The van der Waals surface area contributed by atoms with Gasteiger partial charge < -0.3 is 30.3 Å². The van der Waals surface area contributed by atoms with Crippen LogP contribution in [0.2, 0.25) is 0 Å². The molecule has 0 radical (unpaired) electrons. The van der Waals surface area contributed by atoms with Crippen LogP contribution in [-0.2, 0) is 4.79 Å². The van der Waals surface area contributed by atoms with Gasteiger partial charge in [0.1, 0.15) is 17.4 Å². The molecule has 1 aliphatic rings. The molecule has 0 saturated heterocycles. The van der Waals surface area contributed by atoms with E-state index in [0.29, 0.717) is 17.0 Å². The highest BCUT2D eigenvalue weighted by Gasteiger charge is 2.38. The Morgan fingerprint density at radius 1 is 0.977 bits per heavy atom. The van der Waals surface area contributed by atoms with Crippen LogP contribution in [0.4, 0.5) is 13.2 Å². The minimum Gasteiger partial charge on any atom is -0.504 e. The number of aromatic hydroxyl groups is 1. The van der Waals surface area contributed by atoms with E-state index in [1.165, 1.54) is 18.2 Å². The summed E-state index contributed by atoms with van der Waals surface area (Å²) in [5.74, 6) is -1.21. The van der Waals surface area contributed by atoms with Crippen molar-refractivity contribution in [2.75, 3.05) is 20.1 Å². The number of ether oxygens (including phenoxy) is 2. The third-order valence-electron chi connectivity index (χ3n) is 5.84. The number of aromatic nitrogens is 2. The number of rotatable bonds is 7. The van der Waals surface area contributed by atoms with E-state index in [1.807, 2.05) is 61.6 Å². The van der Waals surface area contributed by atoms with Gasteiger partial charge in [-0.2, -0.15) is 23.1 Å². The summed E-state index contributed by atoms with van der Waals surface area (Å²) >= 11 is 0. The number of amidine groups is 2. The van der Waals surface area contributed by atoms with Crippen LogP contribution in [0.3, 0.4) is 0 Å². The molecule has 14 heteroatoms. The molecule has 43 heavy (non-hydrogen) atoms. The molecule has 3 aromatic carbocycles. The highest BCUT2D eigenvalue weighted by atomic mass is 19.4. The molecule has 1 aliphatic heterocycles. The zero-order valence-corrected chi connectivity index (χ0v) is 22.5. The maximum absolute atomic E-state index is 10.6. The molecule has 0 unspecified atom stereocenters. The Kier molecular flexibility index (Phi) is 9.08. The average Bonchev–Trinajstić information content (AvgIpc) is 3.40. The Hall–Kier alpha value is -5.66. The molecule has 0 saturated carbocycles. The number of nitrogens with one attached hydrogen (secondary N) is 1. The van der Waals surface area contributed by atoms with Crippen molar-refractivity contribution in [1.82, 2.24) is 14.9 Å². The number of likely N-dealkylation sites (N-methyl/N-ethyl adjacent to an activating group) is 1. The van der Waals surface area contributed by atoms with E-state index in [9.17, 15) is 18.3 Å². The number of nitrogens with two attached hydrogens (primary N) is 1. The Labute approximate surface area is 243 Å². The predicted octanol–water partition coefficient (Wildman–Crippen LogP) is 5.04. The van der Waals surface area contributed by atoms with Crippen molar-refractivity contribution in [1.29, 1.82) is 5.41 Å². The van der Waals surface area contributed by atoms with Crippen LogP contribution in [0.15, 0.2) is 83.9 Å². The van der Waals surface area contributed by atoms with Crippen molar-refractivity contribution in [2.45, 2.75) is 6.18 Å². The van der Waals surface area contributed by atoms with Crippen molar-refractivity contribution in [2.24, 2.45) is 10.7 Å². The summed E-state index contributed by atoms with van der Waals surface area (Å²) in [5, 5.41) is 25.1. The van der Waals surface area contributed by atoms with Crippen molar-refractivity contribution in [3.05, 3.63) is 90.0 Å². The van der Waals surface area contributed by atoms with Gasteiger partial charge in [-0.3, -0.25) is 10.4 Å². The zero-order chi connectivity index (χ0) is 31.1. The number of aliphatic imine (C=N–C) groups is 1. The summed E-state index contributed by atoms with van der Waals surface area (Å²) in [5.41, 5.74) is 8.35. The van der Waals surface area contributed by atoms with E-state index in [-0.39, 0.29) is 29.2 Å². The van der Waals surface area contributed by atoms with Crippen LogP contribution in [0.5, 0.6) is 29.1 Å². The molecule has 5 rings (SSSR count). The first-order valence-corrected chi connectivity index (χ1v) is 12.5. The fourth-order valence-electron chi connectivity index (χ4n) is 3.78. The third-order valence-corrected chi connectivity index (χ3v) is 5.84. The number of carboxylic acid groups (broad SMARTS) is 1. The molecule has 1 aromatic heterocycles. The normalized spacial score (nSPS) is 12.6. The van der Waals surface area contributed by atoms with Gasteiger partial charge in [0.25, 0.3) is 0 Å². The standard InChI is InChI=1S/C27H24N6O3.C2HF3O2/c1-33-13-12-30-26(33)19-8-5-9-20(14-19)35-24-16-21(17-6-3-2-4-7-17)31-27(32-24)36-23-15-18(25(28)29)10-11-22(23)34;3-2(4,5)1(6)7/h2-11,14-16,34H,12-13H2,1H3,(H3,28,29);(H,6,7). The lowest BCUT2D eigenvalue weighted by molar-refractivity contribution is -0.192. The molecule has 0 amide bonds.